The largest absolute Gasteiger partial charge is 0.496 e. The normalized spacial score (nSPS) is 22.6. The van der Waals surface area contributed by atoms with Crippen LogP contribution in [0.1, 0.15) is 49.0 Å². The Bertz CT molecular complexity index is 947. The lowest BCUT2D eigenvalue weighted by atomic mass is 9.85. The summed E-state index contributed by atoms with van der Waals surface area (Å²) in [5.74, 6) is 0.746. The highest BCUT2D eigenvalue weighted by molar-refractivity contribution is 5.92. The lowest BCUT2D eigenvalue weighted by Gasteiger charge is -2.40. The molecule has 6 nitrogen and oxygen atoms in total. The molecular weight excluding hydrogens is 392 g/mol. The minimum Gasteiger partial charge on any atom is -0.496 e. The van der Waals surface area contributed by atoms with Gasteiger partial charge in [-0.1, -0.05) is 30.3 Å². The molecule has 0 saturated carbocycles. The van der Waals surface area contributed by atoms with Crippen molar-refractivity contribution in [2.24, 2.45) is 0 Å². The Morgan fingerprint density at radius 3 is 2.77 bits per heavy atom. The zero-order valence-corrected chi connectivity index (χ0v) is 18.4. The number of hydrogen-bond donors (Lipinski definition) is 2. The van der Waals surface area contributed by atoms with E-state index in [2.05, 4.69) is 4.90 Å². The van der Waals surface area contributed by atoms with E-state index >= 15 is 0 Å². The van der Waals surface area contributed by atoms with Crippen molar-refractivity contribution in [3.8, 4) is 5.75 Å². The summed E-state index contributed by atoms with van der Waals surface area (Å²) in [6.07, 6.45) is 2.71. The zero-order valence-electron chi connectivity index (χ0n) is 18.4. The van der Waals surface area contributed by atoms with Crippen molar-refractivity contribution in [3.05, 3.63) is 59.2 Å². The maximum atomic E-state index is 11.9. The number of carbonyl (C=O) groups excluding carboxylic acids is 1. The summed E-state index contributed by atoms with van der Waals surface area (Å²) in [6.45, 7) is 4.08. The number of ether oxygens (including phenoxy) is 1. The maximum Gasteiger partial charge on any atom is 0.223 e. The monoisotopic (exact) mass is 424 g/mol. The SMILES string of the molecule is COc1ccccc1C1(O)CCCN(CC(O)c2ccc3c(c2)CCCN3C(C)=O)C1. The lowest BCUT2D eigenvalue weighted by molar-refractivity contribution is -0.116. The summed E-state index contributed by atoms with van der Waals surface area (Å²) >= 11 is 0. The highest BCUT2D eigenvalue weighted by Crippen LogP contribution is 2.37. The second-order valence-electron chi connectivity index (χ2n) is 8.75. The number of likely N-dealkylation sites (tertiary alicyclic amines) is 1. The van der Waals surface area contributed by atoms with Crippen LogP contribution >= 0.6 is 0 Å². The Hall–Kier alpha value is -2.41. The van der Waals surface area contributed by atoms with Gasteiger partial charge in [0.25, 0.3) is 0 Å². The van der Waals surface area contributed by atoms with E-state index in [0.29, 0.717) is 25.3 Å². The second-order valence-corrected chi connectivity index (χ2v) is 8.75. The summed E-state index contributed by atoms with van der Waals surface area (Å²) < 4.78 is 5.47. The first kappa shape index (κ1) is 21.8. The van der Waals surface area contributed by atoms with Gasteiger partial charge in [-0.15, -0.1) is 0 Å². The van der Waals surface area contributed by atoms with Crippen LogP contribution in [0.5, 0.6) is 5.75 Å². The molecule has 2 atom stereocenters. The number of benzene rings is 2. The van der Waals surface area contributed by atoms with Gasteiger partial charge in [-0.05, 0) is 55.5 Å². The minimum absolute atomic E-state index is 0.0539. The van der Waals surface area contributed by atoms with E-state index < -0.39 is 11.7 Å². The van der Waals surface area contributed by atoms with E-state index in [0.717, 1.165) is 54.7 Å². The van der Waals surface area contributed by atoms with Gasteiger partial charge in [-0.3, -0.25) is 9.69 Å². The van der Waals surface area contributed by atoms with Gasteiger partial charge < -0.3 is 19.8 Å². The second kappa shape index (κ2) is 8.99. The van der Waals surface area contributed by atoms with E-state index in [-0.39, 0.29) is 5.91 Å². The summed E-state index contributed by atoms with van der Waals surface area (Å²) in [7, 11) is 1.62. The van der Waals surface area contributed by atoms with Crippen molar-refractivity contribution in [1.29, 1.82) is 0 Å². The molecule has 2 N–H and O–H groups in total. The maximum absolute atomic E-state index is 11.9. The Morgan fingerprint density at radius 1 is 1.19 bits per heavy atom. The average molecular weight is 425 g/mol. The third kappa shape index (κ3) is 4.47. The van der Waals surface area contributed by atoms with Crippen LogP contribution < -0.4 is 9.64 Å². The fraction of sp³-hybridized carbons (Fsp3) is 0.480. The molecule has 0 bridgehead atoms. The van der Waals surface area contributed by atoms with Crippen LogP contribution in [0.2, 0.25) is 0 Å². The Morgan fingerprint density at radius 2 is 2.00 bits per heavy atom. The number of para-hydroxylation sites is 1. The molecule has 31 heavy (non-hydrogen) atoms. The third-order valence-corrected chi connectivity index (χ3v) is 6.58. The molecule has 1 saturated heterocycles. The van der Waals surface area contributed by atoms with Gasteiger partial charge in [0.2, 0.25) is 5.91 Å². The molecule has 0 aromatic heterocycles. The molecule has 166 valence electrons. The number of fused-ring (bicyclic) bond motifs is 1. The van der Waals surface area contributed by atoms with Gasteiger partial charge in [0, 0.05) is 37.8 Å². The van der Waals surface area contributed by atoms with Crippen LogP contribution in [0.15, 0.2) is 42.5 Å². The van der Waals surface area contributed by atoms with E-state index in [4.69, 9.17) is 4.74 Å². The third-order valence-electron chi connectivity index (χ3n) is 6.58. The molecule has 6 heteroatoms. The molecule has 2 aromatic carbocycles. The molecule has 0 radical (unpaired) electrons. The smallest absolute Gasteiger partial charge is 0.223 e. The molecule has 2 aliphatic rings. The molecule has 0 aliphatic carbocycles. The number of methoxy groups -OCH3 is 1. The van der Waals surface area contributed by atoms with Gasteiger partial charge >= 0.3 is 0 Å². The van der Waals surface area contributed by atoms with Gasteiger partial charge in [0.15, 0.2) is 0 Å². The fourth-order valence-electron chi connectivity index (χ4n) is 5.03. The highest BCUT2D eigenvalue weighted by Gasteiger charge is 2.37. The van der Waals surface area contributed by atoms with Crippen molar-refractivity contribution in [2.75, 3.05) is 38.2 Å². The Labute approximate surface area is 184 Å². The summed E-state index contributed by atoms with van der Waals surface area (Å²) in [4.78, 5) is 15.8. The number of aliphatic hydroxyl groups excluding tert-OH is 1. The molecule has 2 unspecified atom stereocenters. The van der Waals surface area contributed by atoms with Crippen LogP contribution in [0.25, 0.3) is 0 Å². The number of piperidine rings is 1. The van der Waals surface area contributed by atoms with E-state index in [1.54, 1.807) is 14.0 Å². The summed E-state index contributed by atoms with van der Waals surface area (Å²) in [6, 6.07) is 13.5. The predicted octanol–water partition coefficient (Wildman–Crippen LogP) is 3.01. The number of hydrogen-bond acceptors (Lipinski definition) is 5. The predicted molar refractivity (Wildman–Crippen MR) is 120 cm³/mol. The lowest BCUT2D eigenvalue weighted by Crippen LogP contribution is -2.47. The van der Waals surface area contributed by atoms with Crippen molar-refractivity contribution in [3.63, 3.8) is 0 Å². The van der Waals surface area contributed by atoms with E-state index in [1.165, 1.54) is 0 Å². The highest BCUT2D eigenvalue weighted by atomic mass is 16.5. The van der Waals surface area contributed by atoms with Gasteiger partial charge in [0.1, 0.15) is 11.4 Å². The van der Waals surface area contributed by atoms with Crippen LogP contribution in [0.3, 0.4) is 0 Å². The molecule has 2 aliphatic heterocycles. The first-order valence-corrected chi connectivity index (χ1v) is 11.1. The fourth-order valence-corrected chi connectivity index (χ4v) is 5.03. The number of aryl methyl sites for hydroxylation is 1. The van der Waals surface area contributed by atoms with E-state index in [1.807, 2.05) is 47.4 Å². The van der Waals surface area contributed by atoms with Crippen LogP contribution in [-0.4, -0.2) is 54.3 Å². The van der Waals surface area contributed by atoms with Crippen LogP contribution in [0, 0.1) is 0 Å². The van der Waals surface area contributed by atoms with Crippen LogP contribution in [-0.2, 0) is 16.8 Å². The summed E-state index contributed by atoms with van der Waals surface area (Å²) in [5, 5.41) is 22.4. The molecule has 1 amide bonds. The molecule has 4 rings (SSSR count). The quantitative estimate of drug-likeness (QED) is 0.772. The number of aliphatic hydroxyl groups is 2. The topological polar surface area (TPSA) is 73.2 Å². The zero-order chi connectivity index (χ0) is 22.0. The van der Waals surface area contributed by atoms with Crippen molar-refractivity contribution in [1.82, 2.24) is 4.90 Å². The van der Waals surface area contributed by atoms with Gasteiger partial charge in [-0.2, -0.15) is 0 Å². The molecule has 0 spiro atoms. The average Bonchev–Trinajstić information content (AvgIpc) is 2.78. The molecule has 2 aromatic rings. The standard InChI is InChI=1S/C25H32N2O4/c1-18(28)27-14-5-7-19-15-20(10-11-22(19)27)23(29)16-26-13-6-12-25(30,17-26)21-8-3-4-9-24(21)31-2/h3-4,8-11,15,23,29-30H,5-7,12-14,16-17H2,1-2H3. The first-order valence-electron chi connectivity index (χ1n) is 11.1. The van der Waals surface area contributed by atoms with Crippen molar-refractivity contribution in [2.45, 2.75) is 44.3 Å². The van der Waals surface area contributed by atoms with Crippen molar-refractivity contribution < 1.29 is 19.7 Å². The molecule has 2 heterocycles. The van der Waals surface area contributed by atoms with Gasteiger partial charge in [0.05, 0.1) is 13.2 Å². The summed E-state index contributed by atoms with van der Waals surface area (Å²) in [5.41, 5.74) is 2.73. The van der Waals surface area contributed by atoms with Gasteiger partial charge in [-0.25, -0.2) is 0 Å². The Balaban J connectivity index is 1.49. The Kier molecular flexibility index (Phi) is 6.32. The number of nitrogens with zero attached hydrogens (tertiary/aromatic N) is 2. The number of carbonyl (C=O) groups is 1. The molecule has 1 fully saturated rings. The number of β-amino-alcohol motifs (C(OH)–C–C–N with tert-alkyl or cyclic N) is 2. The molecular formula is C25H32N2O4. The number of rotatable bonds is 5. The van der Waals surface area contributed by atoms with Crippen LogP contribution in [0.4, 0.5) is 5.69 Å². The van der Waals surface area contributed by atoms with Crippen molar-refractivity contribution >= 4 is 11.6 Å². The first-order chi connectivity index (χ1) is 14.9. The number of anilines is 1. The number of amides is 1. The minimum atomic E-state index is -0.998. The van der Waals surface area contributed by atoms with E-state index in [9.17, 15) is 15.0 Å².